The molecule has 0 aromatic carbocycles. The Morgan fingerprint density at radius 3 is 2.72 bits per heavy atom. The molecule has 1 aromatic rings. The van der Waals surface area contributed by atoms with Crippen LogP contribution in [0.5, 0.6) is 0 Å². The topological polar surface area (TPSA) is 75.4 Å². The lowest BCUT2D eigenvalue weighted by atomic mass is 9.97. The zero-order valence-electron chi connectivity index (χ0n) is 14.5. The third-order valence-electron chi connectivity index (χ3n) is 4.81. The molecule has 1 N–H and O–H groups in total. The van der Waals surface area contributed by atoms with Gasteiger partial charge in [-0.25, -0.2) is 0 Å². The predicted octanol–water partition coefficient (Wildman–Crippen LogP) is 2.48. The van der Waals surface area contributed by atoms with Crippen molar-refractivity contribution in [3.05, 3.63) is 17.0 Å². The van der Waals surface area contributed by atoms with Gasteiger partial charge >= 0.3 is 5.92 Å². The quantitative estimate of drug-likeness (QED) is 0.880. The van der Waals surface area contributed by atoms with Gasteiger partial charge in [0, 0.05) is 32.5 Å². The van der Waals surface area contributed by atoms with Crippen LogP contribution in [0.3, 0.4) is 0 Å². The lowest BCUT2D eigenvalue weighted by Gasteiger charge is -2.34. The largest absolute Gasteiger partial charge is 0.361 e. The van der Waals surface area contributed by atoms with E-state index < -0.39 is 11.8 Å². The number of halogens is 2. The van der Waals surface area contributed by atoms with Crippen molar-refractivity contribution in [2.24, 2.45) is 5.92 Å². The van der Waals surface area contributed by atoms with Crippen molar-refractivity contribution in [1.82, 2.24) is 15.4 Å². The highest BCUT2D eigenvalue weighted by Crippen LogP contribution is 2.41. The second-order valence-corrected chi connectivity index (χ2v) is 7.13. The molecule has 0 radical (unpaired) electrons. The van der Waals surface area contributed by atoms with Crippen LogP contribution in [0.1, 0.15) is 60.3 Å². The van der Waals surface area contributed by atoms with Gasteiger partial charge in [0.2, 0.25) is 0 Å². The number of hydrogen-bond donors (Lipinski definition) is 1. The first kappa shape index (κ1) is 17.8. The van der Waals surface area contributed by atoms with Crippen LogP contribution >= 0.6 is 0 Å². The average Bonchev–Trinajstić information content (AvgIpc) is 3.33. The van der Waals surface area contributed by atoms with Crippen molar-refractivity contribution >= 4 is 11.8 Å². The van der Waals surface area contributed by atoms with Crippen LogP contribution in [-0.2, 0) is 4.79 Å². The minimum absolute atomic E-state index is 0.0338. The van der Waals surface area contributed by atoms with Gasteiger partial charge in [-0.05, 0) is 38.5 Å². The summed E-state index contributed by atoms with van der Waals surface area (Å²) in [6.07, 6.45) is 3.47. The SMILES string of the molecule is Cc1onc(C2CC2)c1C(=O)NCC1CCCN(C(=O)C(C)(F)F)C1. The number of likely N-dealkylation sites (tertiary alicyclic amines) is 1. The highest BCUT2D eigenvalue weighted by atomic mass is 19.3. The number of hydrogen-bond acceptors (Lipinski definition) is 4. The summed E-state index contributed by atoms with van der Waals surface area (Å²) in [4.78, 5) is 25.4. The van der Waals surface area contributed by atoms with E-state index in [0.717, 1.165) is 19.3 Å². The molecule has 25 heavy (non-hydrogen) atoms. The van der Waals surface area contributed by atoms with Gasteiger partial charge in [0.05, 0.1) is 5.69 Å². The standard InChI is InChI=1S/C17H23F2N3O3/c1-10-13(14(21-25-10)12-5-6-12)15(23)20-8-11-4-3-7-22(9-11)16(24)17(2,18)19/h11-12H,3-9H2,1-2H3,(H,20,23). The molecular weight excluding hydrogens is 332 g/mol. The fraction of sp³-hybridized carbons (Fsp3) is 0.706. The lowest BCUT2D eigenvalue weighted by molar-refractivity contribution is -0.156. The van der Waals surface area contributed by atoms with Crippen molar-refractivity contribution < 1.29 is 22.9 Å². The highest BCUT2D eigenvalue weighted by molar-refractivity contribution is 5.96. The Kier molecular flexibility index (Phi) is 4.79. The van der Waals surface area contributed by atoms with E-state index in [1.807, 2.05) is 0 Å². The molecule has 2 fully saturated rings. The second kappa shape index (κ2) is 6.72. The van der Waals surface area contributed by atoms with E-state index in [1.165, 1.54) is 4.90 Å². The summed E-state index contributed by atoms with van der Waals surface area (Å²) >= 11 is 0. The number of nitrogens with zero attached hydrogens (tertiary/aromatic N) is 2. The maximum atomic E-state index is 13.2. The molecule has 1 unspecified atom stereocenters. The normalized spacial score (nSPS) is 21.3. The highest BCUT2D eigenvalue weighted by Gasteiger charge is 2.38. The summed E-state index contributed by atoms with van der Waals surface area (Å²) in [7, 11) is 0. The molecule has 6 nitrogen and oxygen atoms in total. The van der Waals surface area contributed by atoms with E-state index >= 15 is 0 Å². The van der Waals surface area contributed by atoms with Crippen molar-refractivity contribution in [2.45, 2.75) is 51.4 Å². The van der Waals surface area contributed by atoms with E-state index in [0.29, 0.717) is 49.4 Å². The van der Waals surface area contributed by atoms with E-state index in [1.54, 1.807) is 6.92 Å². The molecular formula is C17H23F2N3O3. The molecule has 1 aliphatic heterocycles. The first-order chi connectivity index (χ1) is 11.8. The lowest BCUT2D eigenvalue weighted by Crippen LogP contribution is -2.48. The van der Waals surface area contributed by atoms with Crippen LogP contribution in [0.4, 0.5) is 8.78 Å². The Bertz CT molecular complexity index is 665. The smallest absolute Gasteiger partial charge is 0.322 e. The molecule has 0 bridgehead atoms. The monoisotopic (exact) mass is 355 g/mol. The van der Waals surface area contributed by atoms with Gasteiger partial charge in [0.1, 0.15) is 11.3 Å². The van der Waals surface area contributed by atoms with Gasteiger partial charge in [-0.2, -0.15) is 8.78 Å². The Morgan fingerprint density at radius 1 is 1.36 bits per heavy atom. The minimum Gasteiger partial charge on any atom is -0.361 e. The third kappa shape index (κ3) is 3.99. The van der Waals surface area contributed by atoms with Crippen LogP contribution in [0.15, 0.2) is 4.52 Å². The number of rotatable bonds is 5. The zero-order valence-corrected chi connectivity index (χ0v) is 14.5. The molecule has 0 spiro atoms. The fourth-order valence-electron chi connectivity index (χ4n) is 3.32. The van der Waals surface area contributed by atoms with Crippen LogP contribution in [0, 0.1) is 12.8 Å². The van der Waals surface area contributed by atoms with Crippen molar-refractivity contribution in [1.29, 1.82) is 0 Å². The van der Waals surface area contributed by atoms with Crippen LogP contribution in [0.2, 0.25) is 0 Å². The summed E-state index contributed by atoms with van der Waals surface area (Å²) in [5, 5.41) is 6.84. The van der Waals surface area contributed by atoms with Crippen LogP contribution in [-0.4, -0.2) is 47.4 Å². The third-order valence-corrected chi connectivity index (χ3v) is 4.81. The number of aromatic nitrogens is 1. The minimum atomic E-state index is -3.36. The summed E-state index contributed by atoms with van der Waals surface area (Å²) in [5.74, 6) is -3.99. The van der Waals surface area contributed by atoms with Gasteiger partial charge < -0.3 is 14.7 Å². The Balaban J connectivity index is 1.57. The number of amides is 2. The van der Waals surface area contributed by atoms with Gasteiger partial charge in [0.25, 0.3) is 11.8 Å². The molecule has 3 rings (SSSR count). The maximum Gasteiger partial charge on any atom is 0.322 e. The molecule has 2 heterocycles. The first-order valence-corrected chi connectivity index (χ1v) is 8.69. The van der Waals surface area contributed by atoms with Crippen LogP contribution in [0.25, 0.3) is 0 Å². The van der Waals surface area contributed by atoms with E-state index in [-0.39, 0.29) is 18.4 Å². The molecule has 1 atom stereocenters. The molecule has 138 valence electrons. The van der Waals surface area contributed by atoms with Gasteiger partial charge in [-0.3, -0.25) is 9.59 Å². The van der Waals surface area contributed by atoms with Gasteiger partial charge in [-0.1, -0.05) is 5.16 Å². The number of carbonyl (C=O) groups excluding carboxylic acids is 2. The molecule has 2 amide bonds. The van der Waals surface area contributed by atoms with Crippen molar-refractivity contribution in [2.75, 3.05) is 19.6 Å². The number of carbonyl (C=O) groups is 2. The van der Waals surface area contributed by atoms with Crippen molar-refractivity contribution in [3.63, 3.8) is 0 Å². The zero-order chi connectivity index (χ0) is 18.2. The molecule has 1 aromatic heterocycles. The molecule has 1 saturated carbocycles. The molecule has 2 aliphatic rings. The number of piperidine rings is 1. The van der Waals surface area contributed by atoms with E-state index in [2.05, 4.69) is 10.5 Å². The second-order valence-electron chi connectivity index (χ2n) is 7.13. The first-order valence-electron chi connectivity index (χ1n) is 8.69. The van der Waals surface area contributed by atoms with E-state index in [4.69, 9.17) is 4.52 Å². The summed E-state index contributed by atoms with van der Waals surface area (Å²) in [6, 6.07) is 0. The maximum absolute atomic E-state index is 13.2. The predicted molar refractivity (Wildman–Crippen MR) is 85.5 cm³/mol. The number of nitrogens with one attached hydrogen (secondary N) is 1. The average molecular weight is 355 g/mol. The number of alkyl halides is 2. The Morgan fingerprint density at radius 2 is 2.08 bits per heavy atom. The number of aryl methyl sites for hydroxylation is 1. The van der Waals surface area contributed by atoms with E-state index in [9.17, 15) is 18.4 Å². The Labute approximate surface area is 144 Å². The van der Waals surface area contributed by atoms with Crippen molar-refractivity contribution in [3.8, 4) is 0 Å². The summed E-state index contributed by atoms with van der Waals surface area (Å²) < 4.78 is 31.6. The Hall–Kier alpha value is -1.99. The summed E-state index contributed by atoms with van der Waals surface area (Å²) in [6.45, 7) is 3.24. The molecule has 8 heteroatoms. The molecule has 1 saturated heterocycles. The fourth-order valence-corrected chi connectivity index (χ4v) is 3.32. The van der Waals surface area contributed by atoms with Gasteiger partial charge in [-0.15, -0.1) is 0 Å². The molecule has 1 aliphatic carbocycles. The van der Waals surface area contributed by atoms with Gasteiger partial charge in [0.15, 0.2) is 0 Å². The van der Waals surface area contributed by atoms with Crippen LogP contribution < -0.4 is 5.32 Å². The summed E-state index contributed by atoms with van der Waals surface area (Å²) in [5.41, 5.74) is 1.20.